The topological polar surface area (TPSA) is 44.8 Å². The molecule has 0 unspecified atom stereocenters. The van der Waals surface area contributed by atoms with Gasteiger partial charge in [-0.3, -0.25) is 0 Å². The Morgan fingerprint density at radius 1 is 1.17 bits per heavy atom. The van der Waals surface area contributed by atoms with Crippen LogP contribution in [0.15, 0.2) is 18.2 Å². The van der Waals surface area contributed by atoms with Crippen molar-refractivity contribution in [1.29, 1.82) is 0 Å². The van der Waals surface area contributed by atoms with Gasteiger partial charge in [0.2, 0.25) is 0 Å². The molecule has 1 aromatic carbocycles. The second-order valence-corrected chi connectivity index (χ2v) is 7.59. The molecular weight excluding hydrogens is 291 g/mol. The van der Waals surface area contributed by atoms with Crippen LogP contribution in [0.4, 0.5) is 0 Å². The number of carbonyl (C=O) groups excluding carboxylic acids is 1. The van der Waals surface area contributed by atoms with Crippen LogP contribution in [0, 0.1) is 5.92 Å². The highest BCUT2D eigenvalue weighted by Crippen LogP contribution is 2.36. The number of carbonyl (C=O) groups is 1. The van der Waals surface area contributed by atoms with Crippen LogP contribution in [0.25, 0.3) is 0 Å². The predicted molar refractivity (Wildman–Crippen MR) is 92.0 cm³/mol. The van der Waals surface area contributed by atoms with E-state index in [4.69, 9.17) is 14.0 Å². The van der Waals surface area contributed by atoms with Gasteiger partial charge in [-0.15, -0.1) is 0 Å². The molecule has 23 heavy (non-hydrogen) atoms. The Kier molecular flexibility index (Phi) is 4.93. The van der Waals surface area contributed by atoms with Crippen molar-refractivity contribution in [3.05, 3.63) is 29.3 Å². The van der Waals surface area contributed by atoms with Crippen LogP contribution in [-0.2, 0) is 20.5 Å². The van der Waals surface area contributed by atoms with E-state index in [1.807, 2.05) is 45.9 Å². The average molecular weight is 318 g/mol. The molecule has 5 heteroatoms. The summed E-state index contributed by atoms with van der Waals surface area (Å²) >= 11 is 0. The Balaban J connectivity index is 2.36. The quantitative estimate of drug-likeness (QED) is 0.632. The maximum absolute atomic E-state index is 12.0. The maximum Gasteiger partial charge on any atom is 0.494 e. The van der Waals surface area contributed by atoms with Gasteiger partial charge in [0.05, 0.1) is 23.9 Å². The van der Waals surface area contributed by atoms with Crippen molar-refractivity contribution in [2.75, 3.05) is 7.11 Å². The standard InChI is InChI=1S/C18H27BO4/c1-12(2)10-13-11-14(8-9-15(13)16(20)21-7)19-22-17(3,4)18(5,6)23-19/h8-9,11-12H,10H2,1-7H3. The third-order valence-corrected chi connectivity index (χ3v) is 4.69. The van der Waals surface area contributed by atoms with E-state index in [0.29, 0.717) is 11.5 Å². The summed E-state index contributed by atoms with van der Waals surface area (Å²) < 4.78 is 17.1. The molecule has 0 radical (unpaired) electrons. The minimum absolute atomic E-state index is 0.305. The summed E-state index contributed by atoms with van der Waals surface area (Å²) in [6.07, 6.45) is 0.803. The van der Waals surface area contributed by atoms with Crippen molar-refractivity contribution >= 4 is 18.6 Å². The fourth-order valence-electron chi connectivity index (χ4n) is 2.66. The van der Waals surface area contributed by atoms with E-state index in [0.717, 1.165) is 17.4 Å². The smallest absolute Gasteiger partial charge is 0.465 e. The zero-order valence-electron chi connectivity index (χ0n) is 15.2. The van der Waals surface area contributed by atoms with Gasteiger partial charge in [-0.1, -0.05) is 26.0 Å². The fraction of sp³-hybridized carbons (Fsp3) is 0.611. The molecule has 126 valence electrons. The number of benzene rings is 1. The third kappa shape index (κ3) is 3.61. The molecule has 1 heterocycles. The highest BCUT2D eigenvalue weighted by Gasteiger charge is 2.51. The summed E-state index contributed by atoms with van der Waals surface area (Å²) in [4.78, 5) is 12.0. The van der Waals surface area contributed by atoms with Gasteiger partial charge in [-0.2, -0.15) is 0 Å². The van der Waals surface area contributed by atoms with Gasteiger partial charge < -0.3 is 14.0 Å². The lowest BCUT2D eigenvalue weighted by atomic mass is 9.77. The SMILES string of the molecule is COC(=O)c1ccc(B2OC(C)(C)C(C)(C)O2)cc1CC(C)C. The Hall–Kier alpha value is -1.33. The molecule has 0 spiro atoms. The molecule has 0 aliphatic carbocycles. The Bertz CT molecular complexity index is 577. The van der Waals surface area contributed by atoms with E-state index in [2.05, 4.69) is 13.8 Å². The number of methoxy groups -OCH3 is 1. The zero-order valence-corrected chi connectivity index (χ0v) is 15.2. The Labute approximate surface area is 139 Å². The van der Waals surface area contributed by atoms with Gasteiger partial charge in [-0.25, -0.2) is 4.79 Å². The Morgan fingerprint density at radius 2 is 1.74 bits per heavy atom. The summed E-state index contributed by atoms with van der Waals surface area (Å²) in [6, 6.07) is 5.70. The zero-order chi connectivity index (χ0) is 17.4. The van der Waals surface area contributed by atoms with Crippen LogP contribution in [0.3, 0.4) is 0 Å². The average Bonchev–Trinajstić information content (AvgIpc) is 2.66. The van der Waals surface area contributed by atoms with Crippen LogP contribution < -0.4 is 5.46 Å². The minimum atomic E-state index is -0.419. The summed E-state index contributed by atoms with van der Waals surface area (Å²) in [5, 5.41) is 0. The summed E-state index contributed by atoms with van der Waals surface area (Å²) in [7, 11) is 0.987. The lowest BCUT2D eigenvalue weighted by Gasteiger charge is -2.32. The molecule has 4 nitrogen and oxygen atoms in total. The fourth-order valence-corrected chi connectivity index (χ4v) is 2.66. The normalized spacial score (nSPS) is 19.2. The van der Waals surface area contributed by atoms with Crippen molar-refractivity contribution in [3.8, 4) is 0 Å². The largest absolute Gasteiger partial charge is 0.494 e. The third-order valence-electron chi connectivity index (χ3n) is 4.69. The molecule has 0 saturated carbocycles. The van der Waals surface area contributed by atoms with Crippen LogP contribution in [-0.4, -0.2) is 31.4 Å². The highest BCUT2D eigenvalue weighted by atomic mass is 16.7. The van der Waals surface area contributed by atoms with Gasteiger partial charge in [0.1, 0.15) is 0 Å². The first-order chi connectivity index (χ1) is 10.6. The van der Waals surface area contributed by atoms with Gasteiger partial charge in [0.25, 0.3) is 0 Å². The first-order valence-electron chi connectivity index (χ1n) is 8.14. The van der Waals surface area contributed by atoms with E-state index in [9.17, 15) is 4.79 Å². The molecule has 1 saturated heterocycles. The summed E-state index contributed by atoms with van der Waals surface area (Å²) in [5.74, 6) is 0.132. The van der Waals surface area contributed by atoms with E-state index in [1.54, 1.807) is 0 Å². The van der Waals surface area contributed by atoms with E-state index < -0.39 is 7.12 Å². The van der Waals surface area contributed by atoms with Crippen LogP contribution in [0.2, 0.25) is 0 Å². The molecule has 1 fully saturated rings. The van der Waals surface area contributed by atoms with Crippen molar-refractivity contribution in [3.63, 3.8) is 0 Å². The number of rotatable bonds is 4. The molecule has 0 aromatic heterocycles. The monoisotopic (exact) mass is 318 g/mol. The number of hydrogen-bond acceptors (Lipinski definition) is 4. The van der Waals surface area contributed by atoms with Gasteiger partial charge in [-0.05, 0) is 57.1 Å². The molecular formula is C18H27BO4. The first kappa shape index (κ1) is 18.0. The molecule has 0 amide bonds. The van der Waals surface area contributed by atoms with Crippen molar-refractivity contribution < 1.29 is 18.8 Å². The van der Waals surface area contributed by atoms with E-state index >= 15 is 0 Å². The molecule has 1 aliphatic heterocycles. The lowest BCUT2D eigenvalue weighted by Crippen LogP contribution is -2.41. The highest BCUT2D eigenvalue weighted by molar-refractivity contribution is 6.62. The van der Waals surface area contributed by atoms with Crippen molar-refractivity contribution in [1.82, 2.24) is 0 Å². The van der Waals surface area contributed by atoms with Crippen LogP contribution in [0.1, 0.15) is 57.5 Å². The lowest BCUT2D eigenvalue weighted by molar-refractivity contribution is 0.00578. The van der Waals surface area contributed by atoms with E-state index in [-0.39, 0.29) is 17.2 Å². The maximum atomic E-state index is 12.0. The summed E-state index contributed by atoms with van der Waals surface area (Å²) in [6.45, 7) is 12.4. The van der Waals surface area contributed by atoms with E-state index in [1.165, 1.54) is 7.11 Å². The molecule has 0 atom stereocenters. The minimum Gasteiger partial charge on any atom is -0.465 e. The number of ether oxygens (including phenoxy) is 1. The van der Waals surface area contributed by atoms with Gasteiger partial charge in [0, 0.05) is 0 Å². The Morgan fingerprint density at radius 3 is 2.22 bits per heavy atom. The summed E-state index contributed by atoms with van der Waals surface area (Å²) in [5.41, 5.74) is 1.76. The molecule has 1 aliphatic rings. The first-order valence-corrected chi connectivity index (χ1v) is 8.14. The molecule has 0 N–H and O–H groups in total. The second kappa shape index (κ2) is 6.29. The molecule has 0 bridgehead atoms. The van der Waals surface area contributed by atoms with Crippen LogP contribution in [0.5, 0.6) is 0 Å². The number of esters is 1. The van der Waals surface area contributed by atoms with Gasteiger partial charge >= 0.3 is 13.1 Å². The van der Waals surface area contributed by atoms with Crippen LogP contribution >= 0.6 is 0 Å². The number of hydrogen-bond donors (Lipinski definition) is 0. The van der Waals surface area contributed by atoms with Crippen molar-refractivity contribution in [2.24, 2.45) is 5.92 Å². The molecule has 2 rings (SSSR count). The van der Waals surface area contributed by atoms with Crippen molar-refractivity contribution in [2.45, 2.75) is 59.2 Å². The second-order valence-electron chi connectivity index (χ2n) is 7.59. The predicted octanol–water partition coefficient (Wildman–Crippen LogP) is 2.97. The molecule has 1 aromatic rings. The van der Waals surface area contributed by atoms with Gasteiger partial charge in [0.15, 0.2) is 0 Å².